The molecule has 0 atom stereocenters. The molecular weight excluding hydrogens is 264 g/mol. The summed E-state index contributed by atoms with van der Waals surface area (Å²) in [6, 6.07) is 0. The molecule has 0 radical (unpaired) electrons. The first-order chi connectivity index (χ1) is 7.91. The second kappa shape index (κ2) is 5.63. The molecule has 0 amide bonds. The zero-order chi connectivity index (χ0) is 13.1. The van der Waals surface area contributed by atoms with E-state index < -0.39 is 10.0 Å². The van der Waals surface area contributed by atoms with Crippen molar-refractivity contribution in [3.8, 4) is 0 Å². The van der Waals surface area contributed by atoms with Gasteiger partial charge in [-0.1, -0.05) is 0 Å². The van der Waals surface area contributed by atoms with E-state index in [0.717, 1.165) is 15.8 Å². The van der Waals surface area contributed by atoms with Gasteiger partial charge in [0.2, 0.25) is 10.0 Å². The molecule has 0 aromatic carbocycles. The normalized spacial score (nSPS) is 12.0. The molecular formula is C8H16N4O3S2. The second-order valence-corrected chi connectivity index (χ2v) is 6.30. The first-order valence-corrected chi connectivity index (χ1v) is 7.03. The van der Waals surface area contributed by atoms with E-state index in [1.165, 1.54) is 14.1 Å². The average molecular weight is 280 g/mol. The Bertz CT molecular complexity index is 469. The SMILES string of the molecule is COCCNc1snc(N)c1S(=O)(=O)N(C)C. The highest BCUT2D eigenvalue weighted by atomic mass is 32.2. The lowest BCUT2D eigenvalue weighted by Gasteiger charge is -2.12. The van der Waals surface area contributed by atoms with Crippen molar-refractivity contribution in [1.82, 2.24) is 8.68 Å². The predicted octanol–water partition coefficient (Wildman–Crippen LogP) is 0.0339. The Morgan fingerprint density at radius 1 is 1.53 bits per heavy atom. The fourth-order valence-corrected chi connectivity index (χ4v) is 3.21. The Hall–Kier alpha value is -0.900. The second-order valence-electron chi connectivity index (χ2n) is 3.43. The lowest BCUT2D eigenvalue weighted by molar-refractivity contribution is 0.211. The summed E-state index contributed by atoms with van der Waals surface area (Å²) in [5, 5.41) is 3.38. The maximum Gasteiger partial charge on any atom is 0.249 e. The predicted molar refractivity (Wildman–Crippen MR) is 67.8 cm³/mol. The van der Waals surface area contributed by atoms with Gasteiger partial charge in [-0.05, 0) is 11.5 Å². The number of hydrogen-bond acceptors (Lipinski definition) is 7. The van der Waals surface area contributed by atoms with Crippen molar-refractivity contribution in [3.05, 3.63) is 0 Å². The highest BCUT2D eigenvalue weighted by molar-refractivity contribution is 7.89. The number of rotatable bonds is 6. The van der Waals surface area contributed by atoms with Crippen LogP contribution >= 0.6 is 11.5 Å². The summed E-state index contributed by atoms with van der Waals surface area (Å²) in [4.78, 5) is 0.0311. The molecule has 17 heavy (non-hydrogen) atoms. The van der Waals surface area contributed by atoms with Crippen molar-refractivity contribution >= 4 is 32.4 Å². The van der Waals surface area contributed by atoms with Crippen LogP contribution in [0.1, 0.15) is 0 Å². The minimum atomic E-state index is -3.58. The van der Waals surface area contributed by atoms with E-state index in [2.05, 4.69) is 9.69 Å². The smallest absolute Gasteiger partial charge is 0.249 e. The van der Waals surface area contributed by atoms with Gasteiger partial charge in [-0.25, -0.2) is 12.7 Å². The number of sulfonamides is 1. The number of nitrogen functional groups attached to an aromatic ring is 1. The first kappa shape index (κ1) is 14.2. The third kappa shape index (κ3) is 3.06. The third-order valence-corrected chi connectivity index (χ3v) is 4.84. The number of methoxy groups -OCH3 is 1. The van der Waals surface area contributed by atoms with Crippen LogP contribution in [0.3, 0.4) is 0 Å². The molecule has 1 heterocycles. The van der Waals surface area contributed by atoms with Crippen LogP contribution in [0, 0.1) is 0 Å². The zero-order valence-corrected chi connectivity index (χ0v) is 11.6. The molecule has 3 N–H and O–H groups in total. The van der Waals surface area contributed by atoms with Crippen LogP contribution in [-0.2, 0) is 14.8 Å². The Labute approximate surface area is 105 Å². The standard InChI is InChI=1S/C8H16N4O3S2/c1-12(2)17(13,14)6-7(9)11-16-8(6)10-4-5-15-3/h10H,4-5H2,1-3H3,(H2,9,11). The monoisotopic (exact) mass is 280 g/mol. The lowest BCUT2D eigenvalue weighted by atomic mass is 10.6. The van der Waals surface area contributed by atoms with Crippen LogP contribution in [0.25, 0.3) is 0 Å². The van der Waals surface area contributed by atoms with Crippen LogP contribution in [0.5, 0.6) is 0 Å². The van der Waals surface area contributed by atoms with E-state index in [1.54, 1.807) is 7.11 Å². The number of nitrogens with two attached hydrogens (primary N) is 1. The van der Waals surface area contributed by atoms with Crippen molar-refractivity contribution < 1.29 is 13.2 Å². The van der Waals surface area contributed by atoms with Crippen molar-refractivity contribution in [1.29, 1.82) is 0 Å². The van der Waals surface area contributed by atoms with Gasteiger partial charge >= 0.3 is 0 Å². The summed E-state index contributed by atoms with van der Waals surface area (Å²) >= 11 is 1.02. The van der Waals surface area contributed by atoms with Gasteiger partial charge in [0.15, 0.2) is 10.7 Å². The highest BCUT2D eigenvalue weighted by Gasteiger charge is 2.27. The number of nitrogens with one attached hydrogen (secondary N) is 1. The van der Waals surface area contributed by atoms with Gasteiger partial charge in [0.05, 0.1) is 6.61 Å². The van der Waals surface area contributed by atoms with E-state index in [4.69, 9.17) is 10.5 Å². The van der Waals surface area contributed by atoms with Gasteiger partial charge in [0.1, 0.15) is 5.00 Å². The molecule has 0 saturated heterocycles. The number of aromatic nitrogens is 1. The molecule has 0 unspecified atom stereocenters. The molecule has 0 saturated carbocycles. The van der Waals surface area contributed by atoms with Gasteiger partial charge in [0.25, 0.3) is 0 Å². The fourth-order valence-electron chi connectivity index (χ4n) is 1.11. The Morgan fingerprint density at radius 3 is 2.71 bits per heavy atom. The maximum atomic E-state index is 12.0. The number of hydrogen-bond donors (Lipinski definition) is 2. The molecule has 0 bridgehead atoms. The minimum absolute atomic E-state index is 0.0172. The first-order valence-electron chi connectivity index (χ1n) is 4.81. The van der Waals surface area contributed by atoms with Crippen molar-refractivity contribution in [2.24, 2.45) is 0 Å². The molecule has 1 aromatic heterocycles. The quantitative estimate of drug-likeness (QED) is 0.714. The third-order valence-electron chi connectivity index (χ3n) is 2.00. The molecule has 98 valence electrons. The molecule has 0 fully saturated rings. The number of anilines is 2. The summed E-state index contributed by atoms with van der Waals surface area (Å²) < 4.78 is 33.9. The Morgan fingerprint density at radius 2 is 2.18 bits per heavy atom. The summed E-state index contributed by atoms with van der Waals surface area (Å²) in [5.74, 6) is 0.0172. The fraction of sp³-hybridized carbons (Fsp3) is 0.625. The summed E-state index contributed by atoms with van der Waals surface area (Å²) in [6.07, 6.45) is 0. The van der Waals surface area contributed by atoms with E-state index in [-0.39, 0.29) is 10.7 Å². The Balaban J connectivity index is 3.03. The largest absolute Gasteiger partial charge is 0.383 e. The van der Waals surface area contributed by atoms with E-state index in [9.17, 15) is 8.42 Å². The molecule has 0 aliphatic heterocycles. The maximum absolute atomic E-state index is 12.0. The zero-order valence-electron chi connectivity index (χ0n) is 9.93. The Kier molecular flexibility index (Phi) is 4.69. The van der Waals surface area contributed by atoms with Crippen molar-refractivity contribution in [3.63, 3.8) is 0 Å². The van der Waals surface area contributed by atoms with E-state index in [1.807, 2.05) is 0 Å². The summed E-state index contributed by atoms with van der Waals surface area (Å²) in [5.41, 5.74) is 5.59. The van der Waals surface area contributed by atoms with Gasteiger partial charge in [-0.15, -0.1) is 0 Å². The van der Waals surface area contributed by atoms with E-state index >= 15 is 0 Å². The van der Waals surface area contributed by atoms with E-state index in [0.29, 0.717) is 18.2 Å². The topological polar surface area (TPSA) is 97.5 Å². The molecule has 0 aliphatic rings. The number of ether oxygens (including phenoxy) is 1. The molecule has 7 nitrogen and oxygen atoms in total. The van der Waals surface area contributed by atoms with Crippen molar-refractivity contribution in [2.75, 3.05) is 45.4 Å². The van der Waals surface area contributed by atoms with Crippen LogP contribution < -0.4 is 11.1 Å². The van der Waals surface area contributed by atoms with Crippen LogP contribution in [0.15, 0.2) is 4.90 Å². The summed E-state index contributed by atoms with van der Waals surface area (Å²) in [7, 11) is 0.890. The summed E-state index contributed by atoms with van der Waals surface area (Å²) in [6.45, 7) is 0.966. The minimum Gasteiger partial charge on any atom is -0.383 e. The van der Waals surface area contributed by atoms with Gasteiger partial charge in [-0.2, -0.15) is 4.37 Å². The van der Waals surface area contributed by atoms with Gasteiger partial charge < -0.3 is 15.8 Å². The van der Waals surface area contributed by atoms with Crippen molar-refractivity contribution in [2.45, 2.75) is 4.90 Å². The molecule has 1 rings (SSSR count). The molecule has 0 spiro atoms. The number of nitrogens with zero attached hydrogens (tertiary/aromatic N) is 2. The van der Waals surface area contributed by atoms with Gasteiger partial charge in [-0.3, -0.25) is 0 Å². The van der Waals surface area contributed by atoms with Crippen LogP contribution in [0.2, 0.25) is 0 Å². The van der Waals surface area contributed by atoms with Crippen LogP contribution in [-0.4, -0.2) is 51.5 Å². The van der Waals surface area contributed by atoms with Gasteiger partial charge in [0, 0.05) is 27.7 Å². The lowest BCUT2D eigenvalue weighted by Crippen LogP contribution is -2.24. The molecule has 0 aliphatic carbocycles. The highest BCUT2D eigenvalue weighted by Crippen LogP contribution is 2.32. The molecule has 9 heteroatoms. The molecule has 1 aromatic rings. The van der Waals surface area contributed by atoms with Crippen LogP contribution in [0.4, 0.5) is 10.8 Å². The average Bonchev–Trinajstić information content (AvgIpc) is 2.60.